The van der Waals surface area contributed by atoms with Gasteiger partial charge in [0.2, 0.25) is 0 Å². The second kappa shape index (κ2) is 7.34. The quantitative estimate of drug-likeness (QED) is 0.922. The van der Waals surface area contributed by atoms with E-state index in [0.717, 1.165) is 25.9 Å². The van der Waals surface area contributed by atoms with Gasteiger partial charge >= 0.3 is 0 Å². The van der Waals surface area contributed by atoms with Crippen molar-refractivity contribution in [3.8, 4) is 5.75 Å². The highest BCUT2D eigenvalue weighted by molar-refractivity contribution is 6.35. The number of carbonyl (C=O) groups is 1. The molecule has 1 saturated heterocycles. The SMILES string of the molecule is CNC1CCN(C(=O)C(C)Oc2ccc(Cl)cc2Cl)CC1. The van der Waals surface area contributed by atoms with Crippen LogP contribution in [0.4, 0.5) is 0 Å². The number of nitrogens with zero attached hydrogens (tertiary/aromatic N) is 1. The molecule has 1 unspecified atom stereocenters. The normalized spacial score (nSPS) is 17.6. The Balaban J connectivity index is 1.93. The van der Waals surface area contributed by atoms with Gasteiger partial charge in [-0.1, -0.05) is 23.2 Å². The lowest BCUT2D eigenvalue weighted by atomic mass is 10.0. The Morgan fingerprint density at radius 2 is 2.05 bits per heavy atom. The molecule has 1 heterocycles. The number of halogens is 2. The predicted molar refractivity (Wildman–Crippen MR) is 85.2 cm³/mol. The Labute approximate surface area is 135 Å². The van der Waals surface area contributed by atoms with E-state index in [9.17, 15) is 4.79 Å². The molecule has 1 fully saturated rings. The van der Waals surface area contributed by atoms with Crippen LogP contribution in [0.1, 0.15) is 19.8 Å². The van der Waals surface area contributed by atoms with E-state index in [1.54, 1.807) is 25.1 Å². The Morgan fingerprint density at radius 1 is 1.38 bits per heavy atom. The number of hydrogen-bond acceptors (Lipinski definition) is 3. The van der Waals surface area contributed by atoms with Crippen LogP contribution in [0.3, 0.4) is 0 Å². The molecule has 1 atom stereocenters. The van der Waals surface area contributed by atoms with Crippen LogP contribution in [-0.2, 0) is 4.79 Å². The molecule has 4 nitrogen and oxygen atoms in total. The number of nitrogens with one attached hydrogen (secondary N) is 1. The molecule has 21 heavy (non-hydrogen) atoms. The number of piperidine rings is 1. The summed E-state index contributed by atoms with van der Waals surface area (Å²) >= 11 is 11.9. The number of likely N-dealkylation sites (tertiary alicyclic amines) is 1. The van der Waals surface area contributed by atoms with E-state index < -0.39 is 6.10 Å². The van der Waals surface area contributed by atoms with Crippen molar-refractivity contribution in [1.29, 1.82) is 0 Å². The van der Waals surface area contributed by atoms with E-state index in [1.165, 1.54) is 0 Å². The molecule has 1 amide bonds. The molecule has 0 radical (unpaired) electrons. The van der Waals surface area contributed by atoms with Crippen molar-refractivity contribution in [2.24, 2.45) is 0 Å². The molecule has 0 bridgehead atoms. The minimum Gasteiger partial charge on any atom is -0.479 e. The van der Waals surface area contributed by atoms with Crippen LogP contribution in [0.2, 0.25) is 10.0 Å². The maximum Gasteiger partial charge on any atom is 0.263 e. The fourth-order valence-corrected chi connectivity index (χ4v) is 2.91. The average Bonchev–Trinajstić information content (AvgIpc) is 2.49. The third-order valence-corrected chi connectivity index (χ3v) is 4.29. The zero-order valence-corrected chi connectivity index (χ0v) is 13.7. The second-order valence-electron chi connectivity index (χ2n) is 5.22. The predicted octanol–water partition coefficient (Wildman–Crippen LogP) is 2.97. The molecule has 1 aromatic rings. The number of hydrogen-bond donors (Lipinski definition) is 1. The van der Waals surface area contributed by atoms with Crippen LogP contribution in [0, 0.1) is 0 Å². The minimum absolute atomic E-state index is 0.00410. The van der Waals surface area contributed by atoms with E-state index in [0.29, 0.717) is 21.8 Å². The van der Waals surface area contributed by atoms with Crippen molar-refractivity contribution in [2.75, 3.05) is 20.1 Å². The van der Waals surface area contributed by atoms with E-state index in [4.69, 9.17) is 27.9 Å². The number of rotatable bonds is 4. The lowest BCUT2D eigenvalue weighted by molar-refractivity contribution is -0.139. The monoisotopic (exact) mass is 330 g/mol. The van der Waals surface area contributed by atoms with Crippen LogP contribution in [-0.4, -0.2) is 43.1 Å². The molecule has 1 aliphatic rings. The van der Waals surface area contributed by atoms with Crippen molar-refractivity contribution >= 4 is 29.1 Å². The highest BCUT2D eigenvalue weighted by Gasteiger charge is 2.26. The van der Waals surface area contributed by atoms with Crippen molar-refractivity contribution in [3.05, 3.63) is 28.2 Å². The summed E-state index contributed by atoms with van der Waals surface area (Å²) in [4.78, 5) is 14.2. The number of amides is 1. The molecule has 1 aliphatic heterocycles. The zero-order chi connectivity index (χ0) is 15.4. The van der Waals surface area contributed by atoms with Gasteiger partial charge in [-0.25, -0.2) is 0 Å². The Hall–Kier alpha value is -0.970. The van der Waals surface area contributed by atoms with Crippen LogP contribution < -0.4 is 10.1 Å². The molecule has 1 N–H and O–H groups in total. The highest BCUT2D eigenvalue weighted by Crippen LogP contribution is 2.28. The first kappa shape index (κ1) is 16.4. The van der Waals surface area contributed by atoms with E-state index in [1.807, 2.05) is 11.9 Å². The smallest absolute Gasteiger partial charge is 0.263 e. The van der Waals surface area contributed by atoms with Crippen LogP contribution >= 0.6 is 23.2 Å². The standard InChI is InChI=1S/C15H20Cl2N2O2/c1-10(21-14-4-3-11(16)9-13(14)17)15(20)19-7-5-12(18-2)6-8-19/h3-4,9-10,12,18H,5-8H2,1-2H3. The van der Waals surface area contributed by atoms with Gasteiger partial charge in [-0.05, 0) is 45.0 Å². The third kappa shape index (κ3) is 4.25. The summed E-state index contributed by atoms with van der Waals surface area (Å²) in [6, 6.07) is 5.48. The number of ether oxygens (including phenoxy) is 1. The molecule has 0 aliphatic carbocycles. The van der Waals surface area contributed by atoms with Gasteiger partial charge in [-0.3, -0.25) is 4.79 Å². The number of carbonyl (C=O) groups excluding carboxylic acids is 1. The maximum absolute atomic E-state index is 12.4. The molecular formula is C15H20Cl2N2O2. The second-order valence-corrected chi connectivity index (χ2v) is 6.07. The van der Waals surface area contributed by atoms with Gasteiger partial charge in [0.05, 0.1) is 5.02 Å². The molecule has 2 rings (SSSR count). The van der Waals surface area contributed by atoms with E-state index >= 15 is 0 Å². The van der Waals surface area contributed by atoms with Gasteiger partial charge in [0.15, 0.2) is 6.10 Å². The molecule has 0 aromatic heterocycles. The molecule has 0 saturated carbocycles. The Bertz CT molecular complexity index is 502. The zero-order valence-electron chi connectivity index (χ0n) is 12.2. The highest BCUT2D eigenvalue weighted by atomic mass is 35.5. The summed E-state index contributed by atoms with van der Waals surface area (Å²) in [5.41, 5.74) is 0. The fourth-order valence-electron chi connectivity index (χ4n) is 2.46. The fraction of sp³-hybridized carbons (Fsp3) is 0.533. The summed E-state index contributed by atoms with van der Waals surface area (Å²) < 4.78 is 5.67. The third-order valence-electron chi connectivity index (χ3n) is 3.76. The summed E-state index contributed by atoms with van der Waals surface area (Å²) in [6.45, 7) is 3.26. The van der Waals surface area contributed by atoms with Gasteiger partial charge in [0.1, 0.15) is 5.75 Å². The molecule has 116 valence electrons. The average molecular weight is 331 g/mol. The topological polar surface area (TPSA) is 41.6 Å². The van der Waals surface area contributed by atoms with Crippen molar-refractivity contribution in [1.82, 2.24) is 10.2 Å². The lowest BCUT2D eigenvalue weighted by Gasteiger charge is -2.33. The lowest BCUT2D eigenvalue weighted by Crippen LogP contribution is -2.48. The van der Waals surface area contributed by atoms with Gasteiger partial charge in [-0.15, -0.1) is 0 Å². The summed E-state index contributed by atoms with van der Waals surface area (Å²) in [7, 11) is 1.95. The first-order valence-electron chi connectivity index (χ1n) is 7.09. The maximum atomic E-state index is 12.4. The van der Waals surface area contributed by atoms with E-state index in [2.05, 4.69) is 5.32 Å². The molecule has 0 spiro atoms. The van der Waals surface area contributed by atoms with E-state index in [-0.39, 0.29) is 5.91 Å². The van der Waals surface area contributed by atoms with Crippen molar-refractivity contribution in [2.45, 2.75) is 31.9 Å². The first-order valence-corrected chi connectivity index (χ1v) is 7.84. The largest absolute Gasteiger partial charge is 0.479 e. The van der Waals surface area contributed by atoms with Gasteiger partial charge < -0.3 is 15.0 Å². The minimum atomic E-state index is -0.560. The van der Waals surface area contributed by atoms with Crippen LogP contribution in [0.5, 0.6) is 5.75 Å². The number of benzene rings is 1. The summed E-state index contributed by atoms with van der Waals surface area (Å²) in [6.07, 6.45) is 1.38. The van der Waals surface area contributed by atoms with Crippen LogP contribution in [0.15, 0.2) is 18.2 Å². The molecule has 1 aromatic carbocycles. The molecule has 6 heteroatoms. The Kier molecular flexibility index (Phi) is 5.73. The molecular weight excluding hydrogens is 311 g/mol. The van der Waals surface area contributed by atoms with Gasteiger partial charge in [-0.2, -0.15) is 0 Å². The first-order chi connectivity index (χ1) is 10.0. The van der Waals surface area contributed by atoms with Crippen molar-refractivity contribution < 1.29 is 9.53 Å². The summed E-state index contributed by atoms with van der Waals surface area (Å²) in [5, 5.41) is 4.20. The van der Waals surface area contributed by atoms with Crippen molar-refractivity contribution in [3.63, 3.8) is 0 Å². The van der Waals surface area contributed by atoms with Gasteiger partial charge in [0, 0.05) is 24.2 Å². The summed E-state index contributed by atoms with van der Waals surface area (Å²) in [5.74, 6) is 0.475. The Morgan fingerprint density at radius 3 is 2.62 bits per heavy atom. The van der Waals surface area contributed by atoms with Gasteiger partial charge in [0.25, 0.3) is 5.91 Å². The van der Waals surface area contributed by atoms with Crippen LogP contribution in [0.25, 0.3) is 0 Å².